The van der Waals surface area contributed by atoms with E-state index in [2.05, 4.69) is 0 Å². The Hall–Kier alpha value is -0.820. The highest BCUT2D eigenvalue weighted by Crippen LogP contribution is 2.20. The molecule has 3 N–H and O–H groups in total. The molecular formula is C9H17F3N2O2. The average molecular weight is 242 g/mol. The molecule has 0 atom stereocenters. The first kappa shape index (κ1) is 15.2. The number of alkyl halides is 3. The van der Waals surface area contributed by atoms with Crippen molar-refractivity contribution >= 4 is 5.91 Å². The summed E-state index contributed by atoms with van der Waals surface area (Å²) in [6, 6.07) is 0. The lowest BCUT2D eigenvalue weighted by molar-refractivity contribution is -0.138. The van der Waals surface area contributed by atoms with E-state index in [1.807, 2.05) is 5.43 Å². The molecule has 0 aromatic carbocycles. The molecule has 0 aromatic heterocycles. The SMILES string of the molecule is NNC(=O)CCCCOCCCC(F)(F)F. The van der Waals surface area contributed by atoms with Crippen LogP contribution in [0.2, 0.25) is 0 Å². The van der Waals surface area contributed by atoms with E-state index >= 15 is 0 Å². The highest BCUT2D eigenvalue weighted by molar-refractivity contribution is 5.74. The van der Waals surface area contributed by atoms with Crippen molar-refractivity contribution < 1.29 is 22.7 Å². The minimum Gasteiger partial charge on any atom is -0.381 e. The lowest BCUT2D eigenvalue weighted by Crippen LogP contribution is -2.29. The third kappa shape index (κ3) is 11.3. The van der Waals surface area contributed by atoms with Gasteiger partial charge in [-0.2, -0.15) is 13.2 Å². The molecule has 0 spiro atoms. The number of rotatable bonds is 8. The number of ether oxygens (including phenoxy) is 1. The summed E-state index contributed by atoms with van der Waals surface area (Å²) in [6.07, 6.45) is -3.39. The molecular weight excluding hydrogens is 225 g/mol. The molecule has 0 heterocycles. The third-order valence-corrected chi connectivity index (χ3v) is 1.85. The van der Waals surface area contributed by atoms with Crippen molar-refractivity contribution in [3.63, 3.8) is 0 Å². The van der Waals surface area contributed by atoms with Crippen molar-refractivity contribution in [1.82, 2.24) is 5.43 Å². The second kappa shape index (κ2) is 8.35. The molecule has 7 heteroatoms. The van der Waals surface area contributed by atoms with Crippen molar-refractivity contribution in [3.05, 3.63) is 0 Å². The van der Waals surface area contributed by atoms with Crippen molar-refractivity contribution in [2.24, 2.45) is 5.84 Å². The van der Waals surface area contributed by atoms with E-state index in [0.29, 0.717) is 25.9 Å². The molecule has 0 aliphatic carbocycles. The highest BCUT2D eigenvalue weighted by Gasteiger charge is 2.25. The lowest BCUT2D eigenvalue weighted by atomic mass is 10.2. The van der Waals surface area contributed by atoms with Crippen LogP contribution in [0, 0.1) is 0 Å². The zero-order chi connectivity index (χ0) is 12.4. The van der Waals surface area contributed by atoms with Crippen molar-refractivity contribution in [3.8, 4) is 0 Å². The first-order valence-corrected chi connectivity index (χ1v) is 5.09. The number of amides is 1. The molecule has 0 aliphatic rings. The van der Waals surface area contributed by atoms with Crippen LogP contribution in [0.1, 0.15) is 32.1 Å². The summed E-state index contributed by atoms with van der Waals surface area (Å²) in [4.78, 5) is 10.7. The van der Waals surface area contributed by atoms with Crippen molar-refractivity contribution in [1.29, 1.82) is 0 Å². The molecule has 0 rings (SSSR count). The Bertz CT molecular complexity index is 198. The number of nitrogens with one attached hydrogen (secondary N) is 1. The van der Waals surface area contributed by atoms with Gasteiger partial charge in [-0.05, 0) is 19.3 Å². The van der Waals surface area contributed by atoms with Gasteiger partial charge in [-0.25, -0.2) is 5.84 Å². The van der Waals surface area contributed by atoms with Gasteiger partial charge < -0.3 is 4.74 Å². The van der Waals surface area contributed by atoms with E-state index < -0.39 is 12.6 Å². The van der Waals surface area contributed by atoms with Gasteiger partial charge in [0.05, 0.1) is 0 Å². The fourth-order valence-electron chi connectivity index (χ4n) is 1.04. The van der Waals surface area contributed by atoms with Crippen LogP contribution in [0.5, 0.6) is 0 Å². The first-order valence-electron chi connectivity index (χ1n) is 5.09. The number of nitrogens with two attached hydrogens (primary N) is 1. The van der Waals surface area contributed by atoms with Gasteiger partial charge in [-0.3, -0.25) is 10.2 Å². The summed E-state index contributed by atoms with van der Waals surface area (Å²) in [5, 5.41) is 0. The molecule has 0 aliphatic heterocycles. The van der Waals surface area contributed by atoms with Gasteiger partial charge in [-0.15, -0.1) is 0 Å². The smallest absolute Gasteiger partial charge is 0.381 e. The van der Waals surface area contributed by atoms with Gasteiger partial charge in [-0.1, -0.05) is 0 Å². The summed E-state index contributed by atoms with van der Waals surface area (Å²) < 4.78 is 40.1. The van der Waals surface area contributed by atoms with Crippen LogP contribution in [0.3, 0.4) is 0 Å². The topological polar surface area (TPSA) is 64.3 Å². The number of carbonyl (C=O) groups is 1. The molecule has 0 unspecified atom stereocenters. The molecule has 1 amide bonds. The molecule has 0 radical (unpaired) electrons. The highest BCUT2D eigenvalue weighted by atomic mass is 19.4. The van der Waals surface area contributed by atoms with Gasteiger partial charge in [0, 0.05) is 26.1 Å². The largest absolute Gasteiger partial charge is 0.389 e. The maximum Gasteiger partial charge on any atom is 0.389 e. The monoisotopic (exact) mass is 242 g/mol. The van der Waals surface area contributed by atoms with Crippen molar-refractivity contribution in [2.75, 3.05) is 13.2 Å². The molecule has 0 aromatic rings. The summed E-state index contributed by atoms with van der Waals surface area (Å²) in [5.74, 6) is 4.60. The van der Waals surface area contributed by atoms with E-state index in [1.54, 1.807) is 0 Å². The molecule has 0 fully saturated rings. The second-order valence-electron chi connectivity index (χ2n) is 3.36. The van der Waals surface area contributed by atoms with Gasteiger partial charge >= 0.3 is 6.18 Å². The first-order chi connectivity index (χ1) is 7.45. The number of hydrogen-bond donors (Lipinski definition) is 2. The Morgan fingerprint density at radius 3 is 2.38 bits per heavy atom. The van der Waals surface area contributed by atoms with E-state index in [0.717, 1.165) is 0 Å². The lowest BCUT2D eigenvalue weighted by Gasteiger charge is -2.06. The Morgan fingerprint density at radius 2 is 1.81 bits per heavy atom. The predicted octanol–water partition coefficient (Wildman–Crippen LogP) is 1.51. The Balaban J connectivity index is 3.13. The number of hydrazine groups is 1. The zero-order valence-corrected chi connectivity index (χ0v) is 8.98. The van der Waals surface area contributed by atoms with Crippen LogP contribution >= 0.6 is 0 Å². The van der Waals surface area contributed by atoms with Crippen LogP contribution in [-0.4, -0.2) is 25.3 Å². The van der Waals surface area contributed by atoms with Crippen LogP contribution in [-0.2, 0) is 9.53 Å². The average Bonchev–Trinajstić information content (AvgIpc) is 2.20. The molecule has 96 valence electrons. The fourth-order valence-corrected chi connectivity index (χ4v) is 1.04. The Morgan fingerprint density at radius 1 is 1.19 bits per heavy atom. The molecule has 0 bridgehead atoms. The number of halogens is 3. The van der Waals surface area contributed by atoms with Crippen molar-refractivity contribution in [2.45, 2.75) is 38.3 Å². The van der Waals surface area contributed by atoms with Crippen LogP contribution < -0.4 is 11.3 Å². The molecule has 0 saturated heterocycles. The summed E-state index contributed by atoms with van der Waals surface area (Å²) >= 11 is 0. The van der Waals surface area contributed by atoms with Crippen LogP contribution in [0.15, 0.2) is 0 Å². The Labute approximate surface area is 92.3 Å². The number of hydrogen-bond acceptors (Lipinski definition) is 3. The summed E-state index contributed by atoms with van der Waals surface area (Å²) in [5.41, 5.74) is 1.99. The van der Waals surface area contributed by atoms with E-state index in [4.69, 9.17) is 10.6 Å². The minimum absolute atomic E-state index is 0.0210. The third-order valence-electron chi connectivity index (χ3n) is 1.85. The molecule has 16 heavy (non-hydrogen) atoms. The van der Waals surface area contributed by atoms with E-state index in [9.17, 15) is 18.0 Å². The Kier molecular flexibility index (Phi) is 7.92. The van der Waals surface area contributed by atoms with Gasteiger partial charge in [0.2, 0.25) is 5.91 Å². The van der Waals surface area contributed by atoms with E-state index in [1.165, 1.54) is 0 Å². The second-order valence-corrected chi connectivity index (χ2v) is 3.36. The standard InChI is InChI=1S/C9H17F3N2O2/c10-9(11,12)5-3-7-16-6-2-1-4-8(15)14-13/h1-7,13H2,(H,14,15). The maximum atomic E-state index is 11.7. The zero-order valence-electron chi connectivity index (χ0n) is 8.98. The van der Waals surface area contributed by atoms with Gasteiger partial charge in [0.25, 0.3) is 0 Å². The maximum absolute atomic E-state index is 11.7. The van der Waals surface area contributed by atoms with Crippen LogP contribution in [0.4, 0.5) is 13.2 Å². The fraction of sp³-hybridized carbons (Fsp3) is 0.889. The summed E-state index contributed by atoms with van der Waals surface area (Å²) in [7, 11) is 0. The number of carbonyl (C=O) groups excluding carboxylic acids is 1. The minimum atomic E-state index is -4.11. The normalized spacial score (nSPS) is 11.5. The predicted molar refractivity (Wildman–Crippen MR) is 52.3 cm³/mol. The van der Waals surface area contributed by atoms with Gasteiger partial charge in [0.1, 0.15) is 0 Å². The quantitative estimate of drug-likeness (QED) is 0.293. The number of unbranched alkanes of at least 4 members (excludes halogenated alkanes) is 1. The molecule has 4 nitrogen and oxygen atoms in total. The summed E-state index contributed by atoms with van der Waals surface area (Å²) in [6.45, 7) is 0.471. The van der Waals surface area contributed by atoms with Crippen LogP contribution in [0.25, 0.3) is 0 Å². The van der Waals surface area contributed by atoms with E-state index in [-0.39, 0.29) is 18.9 Å². The molecule has 0 saturated carbocycles. The van der Waals surface area contributed by atoms with Gasteiger partial charge in [0.15, 0.2) is 0 Å².